The molecule has 180 valence electrons. The van der Waals surface area contributed by atoms with Crippen LogP contribution in [0.3, 0.4) is 0 Å². The molecule has 4 aromatic rings. The molecule has 0 spiro atoms. The summed E-state index contributed by atoms with van der Waals surface area (Å²) in [7, 11) is 0. The minimum Gasteiger partial charge on any atom is -0.386 e. The quantitative estimate of drug-likeness (QED) is 0.404. The van der Waals surface area contributed by atoms with Crippen LogP contribution in [-0.2, 0) is 16.9 Å². The standard InChI is InChI=1S/C26H26ClFN5O2/c1-26(2,35)22-7-4-18(5-8-22)20-14-30-10-3-11-32(33(30)17-20)31-15-21(16-31)25(34)29-13-19-6-9-23(27)12-24(19)28/h3-12,14,17,21,35H,13,15-16H2,1-2H3/q+1/p+1. The zero-order valence-electron chi connectivity index (χ0n) is 19.5. The lowest BCUT2D eigenvalue weighted by molar-refractivity contribution is -0.883. The molecular weight excluding hydrogens is 469 g/mol. The summed E-state index contributed by atoms with van der Waals surface area (Å²) in [5.41, 5.74) is 2.44. The number of hydrogen-bond acceptors (Lipinski definition) is 3. The van der Waals surface area contributed by atoms with Crippen molar-refractivity contribution in [3.05, 3.63) is 95.3 Å². The van der Waals surface area contributed by atoms with Gasteiger partial charge in [0.25, 0.3) is 0 Å². The number of carbonyl (C=O) groups is 1. The maximum absolute atomic E-state index is 14.0. The van der Waals surface area contributed by atoms with Gasteiger partial charge in [0.2, 0.25) is 24.5 Å². The van der Waals surface area contributed by atoms with Gasteiger partial charge in [0.15, 0.2) is 0 Å². The van der Waals surface area contributed by atoms with E-state index in [1.807, 2.05) is 69.1 Å². The molecule has 2 aromatic heterocycles. The van der Waals surface area contributed by atoms with Crippen molar-refractivity contribution in [1.82, 2.24) is 9.95 Å². The third kappa shape index (κ3) is 4.72. The summed E-state index contributed by atoms with van der Waals surface area (Å²) < 4.78 is 17.9. The van der Waals surface area contributed by atoms with Crippen LogP contribution in [0.1, 0.15) is 25.0 Å². The van der Waals surface area contributed by atoms with Crippen LogP contribution in [0.15, 0.2) is 73.3 Å². The average molecular weight is 496 g/mol. The minimum absolute atomic E-state index is 0.101. The molecule has 5 rings (SSSR count). The molecule has 7 nitrogen and oxygen atoms in total. The summed E-state index contributed by atoms with van der Waals surface area (Å²) in [6.45, 7) is 4.76. The van der Waals surface area contributed by atoms with Crippen molar-refractivity contribution < 1.29 is 23.6 Å². The predicted molar refractivity (Wildman–Crippen MR) is 129 cm³/mol. The van der Waals surface area contributed by atoms with Crippen molar-refractivity contribution in [2.75, 3.05) is 18.1 Å². The summed E-state index contributed by atoms with van der Waals surface area (Å²) in [5.74, 6) is -0.705. The molecule has 0 saturated carbocycles. The molecule has 2 aromatic carbocycles. The van der Waals surface area contributed by atoms with Gasteiger partial charge in [-0.05, 0) is 41.6 Å². The van der Waals surface area contributed by atoms with Crippen molar-refractivity contribution >= 4 is 17.5 Å². The van der Waals surface area contributed by atoms with Crippen LogP contribution in [0.4, 0.5) is 4.39 Å². The molecule has 35 heavy (non-hydrogen) atoms. The number of aromatic nitrogens is 3. The highest BCUT2D eigenvalue weighted by Gasteiger charge is 2.40. The molecule has 0 bridgehead atoms. The molecule has 0 aliphatic carbocycles. The van der Waals surface area contributed by atoms with E-state index in [-0.39, 0.29) is 18.4 Å². The minimum atomic E-state index is -0.884. The van der Waals surface area contributed by atoms with Crippen LogP contribution in [-0.4, -0.2) is 28.7 Å². The Bertz CT molecular complexity index is 1390. The summed E-state index contributed by atoms with van der Waals surface area (Å²) in [6.07, 6.45) is 7.95. The maximum atomic E-state index is 14.0. The smallest absolute Gasteiger partial charge is 0.240 e. The number of carbonyl (C=O) groups excluding carboxylic acids is 1. The number of fused-ring (bicyclic) bond motifs is 1. The Labute approximate surface area is 207 Å². The Morgan fingerprint density at radius 1 is 1.17 bits per heavy atom. The van der Waals surface area contributed by atoms with Crippen molar-refractivity contribution in [2.45, 2.75) is 26.0 Å². The van der Waals surface area contributed by atoms with Crippen molar-refractivity contribution in [3.8, 4) is 11.1 Å². The third-order valence-corrected chi connectivity index (χ3v) is 6.58. The van der Waals surface area contributed by atoms with Crippen LogP contribution in [0.2, 0.25) is 5.02 Å². The van der Waals surface area contributed by atoms with Crippen LogP contribution < -0.4 is 19.6 Å². The molecule has 1 fully saturated rings. The highest BCUT2D eigenvalue weighted by atomic mass is 35.5. The van der Waals surface area contributed by atoms with E-state index in [9.17, 15) is 14.3 Å². The lowest BCUT2D eigenvalue weighted by atomic mass is 9.96. The molecule has 3 heterocycles. The first-order chi connectivity index (χ1) is 16.7. The first-order valence-corrected chi connectivity index (χ1v) is 11.8. The largest absolute Gasteiger partial charge is 0.386 e. The van der Waals surface area contributed by atoms with Gasteiger partial charge in [-0.2, -0.15) is 5.01 Å². The highest BCUT2D eigenvalue weighted by molar-refractivity contribution is 6.30. The lowest BCUT2D eigenvalue weighted by Crippen LogP contribution is -2.75. The SMILES string of the molecule is CC(C)(O)c1ccc(-c2cn3[n+](N4CC(C(=O)NCc5ccc(Cl)cc5F)C4)ccc[n+]3c2)cc1. The molecule has 1 saturated heterocycles. The molecule has 9 heteroatoms. The van der Waals surface area contributed by atoms with E-state index >= 15 is 0 Å². The first-order valence-electron chi connectivity index (χ1n) is 11.4. The van der Waals surface area contributed by atoms with Crippen LogP contribution >= 0.6 is 11.6 Å². The van der Waals surface area contributed by atoms with Crippen LogP contribution in [0, 0.1) is 11.7 Å². The number of halogens is 2. The molecule has 1 amide bonds. The third-order valence-electron chi connectivity index (χ3n) is 6.35. The number of benzene rings is 2. The number of nitrogens with zero attached hydrogens (tertiary/aromatic N) is 4. The number of aliphatic hydroxyl groups is 1. The number of hydrogen-bond donors (Lipinski definition) is 2. The van der Waals surface area contributed by atoms with Crippen molar-refractivity contribution in [1.29, 1.82) is 0 Å². The first kappa shape index (κ1) is 23.3. The molecule has 1 aliphatic heterocycles. The highest BCUT2D eigenvalue weighted by Crippen LogP contribution is 2.24. The fraction of sp³-hybridized carbons (Fsp3) is 0.269. The van der Waals surface area contributed by atoms with E-state index in [4.69, 9.17) is 11.6 Å². The summed E-state index contributed by atoms with van der Waals surface area (Å²) >= 11 is 5.79. The second kappa shape index (κ2) is 8.94. The van der Waals surface area contributed by atoms with Gasteiger partial charge in [-0.3, -0.25) is 4.79 Å². The Morgan fingerprint density at radius 3 is 2.60 bits per heavy atom. The van der Waals surface area contributed by atoms with E-state index in [0.29, 0.717) is 23.7 Å². The van der Waals surface area contributed by atoms with Gasteiger partial charge in [0.1, 0.15) is 16.6 Å². The normalized spacial score (nSPS) is 14.3. The van der Waals surface area contributed by atoms with Crippen LogP contribution in [0.25, 0.3) is 11.1 Å². The molecule has 0 atom stereocenters. The van der Waals surface area contributed by atoms with Crippen LogP contribution in [0.5, 0.6) is 0 Å². The van der Waals surface area contributed by atoms with E-state index in [1.165, 1.54) is 6.07 Å². The summed E-state index contributed by atoms with van der Waals surface area (Å²) in [6, 6.07) is 14.3. The van der Waals surface area contributed by atoms with Crippen molar-refractivity contribution in [3.63, 3.8) is 0 Å². The van der Waals surface area contributed by atoms with E-state index in [0.717, 1.165) is 16.7 Å². The Kier molecular flexibility index (Phi) is 5.94. The zero-order valence-corrected chi connectivity index (χ0v) is 20.3. The molecule has 0 unspecified atom stereocenters. The average Bonchev–Trinajstić information content (AvgIpc) is 3.22. The topological polar surface area (TPSA) is 65.0 Å². The fourth-order valence-corrected chi connectivity index (χ4v) is 4.36. The fourth-order valence-electron chi connectivity index (χ4n) is 4.20. The Morgan fingerprint density at radius 2 is 1.91 bits per heavy atom. The van der Waals surface area contributed by atoms with Gasteiger partial charge < -0.3 is 10.4 Å². The number of rotatable bonds is 6. The molecule has 1 aliphatic rings. The van der Waals surface area contributed by atoms with Gasteiger partial charge in [-0.1, -0.05) is 41.9 Å². The Balaban J connectivity index is 1.26. The van der Waals surface area contributed by atoms with Gasteiger partial charge in [0.05, 0.1) is 41.0 Å². The van der Waals surface area contributed by atoms with Crippen molar-refractivity contribution in [2.24, 2.45) is 5.92 Å². The van der Waals surface area contributed by atoms with Gasteiger partial charge >= 0.3 is 0 Å². The number of nitrogens with one attached hydrogen (secondary N) is 1. The monoisotopic (exact) mass is 495 g/mol. The maximum Gasteiger partial charge on any atom is 0.240 e. The number of amides is 1. The van der Waals surface area contributed by atoms with E-state index in [1.54, 1.807) is 26.0 Å². The second-order valence-corrected chi connectivity index (χ2v) is 9.82. The Hall–Kier alpha value is -3.49. The zero-order chi connectivity index (χ0) is 24.7. The van der Waals surface area contributed by atoms with E-state index in [2.05, 4.69) is 10.3 Å². The molecule has 0 radical (unpaired) electrons. The second-order valence-electron chi connectivity index (χ2n) is 9.38. The van der Waals surface area contributed by atoms with E-state index < -0.39 is 11.4 Å². The van der Waals surface area contributed by atoms with Gasteiger partial charge in [-0.25, -0.2) is 4.39 Å². The lowest BCUT2D eigenvalue weighted by Gasteiger charge is -2.32. The molecular formula is C26H27ClFN5O2+2. The summed E-state index contributed by atoms with van der Waals surface area (Å²) in [5, 5.41) is 15.4. The predicted octanol–water partition coefficient (Wildman–Crippen LogP) is 2.38. The van der Waals surface area contributed by atoms with Gasteiger partial charge in [0, 0.05) is 17.1 Å². The molecule has 2 N–H and O–H groups in total. The van der Waals surface area contributed by atoms with Gasteiger partial charge in [-0.15, -0.1) is 0 Å². The summed E-state index contributed by atoms with van der Waals surface area (Å²) in [4.78, 5) is 14.5.